The summed E-state index contributed by atoms with van der Waals surface area (Å²) in [6, 6.07) is 13.4. The largest absolute Gasteiger partial charge is 0.294 e. The Morgan fingerprint density at radius 3 is 2.76 bits per heavy atom. The predicted molar refractivity (Wildman–Crippen MR) is 81.2 cm³/mol. The summed E-state index contributed by atoms with van der Waals surface area (Å²) in [6.07, 6.45) is 1.78. The average molecular weight is 300 g/mol. The molecule has 0 fully saturated rings. The van der Waals surface area contributed by atoms with Crippen LogP contribution in [0.1, 0.15) is 15.9 Å². The van der Waals surface area contributed by atoms with Crippen LogP contribution < -0.4 is 0 Å². The molecule has 0 aliphatic carbocycles. The van der Waals surface area contributed by atoms with Gasteiger partial charge in [-0.3, -0.25) is 9.78 Å². The van der Waals surface area contributed by atoms with Crippen LogP contribution >= 0.6 is 11.6 Å². The molecule has 0 amide bonds. The van der Waals surface area contributed by atoms with E-state index in [1.165, 1.54) is 12.1 Å². The molecule has 1 heterocycles. The van der Waals surface area contributed by atoms with E-state index in [4.69, 9.17) is 11.6 Å². The van der Waals surface area contributed by atoms with Crippen molar-refractivity contribution in [3.8, 4) is 0 Å². The van der Waals surface area contributed by atoms with Crippen molar-refractivity contribution in [1.29, 1.82) is 0 Å². The zero-order chi connectivity index (χ0) is 14.8. The zero-order valence-electron chi connectivity index (χ0n) is 11.0. The summed E-state index contributed by atoms with van der Waals surface area (Å²) < 4.78 is 13.8. The van der Waals surface area contributed by atoms with Crippen LogP contribution in [0.3, 0.4) is 0 Å². The van der Waals surface area contributed by atoms with Gasteiger partial charge in [-0.2, -0.15) is 0 Å². The highest BCUT2D eigenvalue weighted by Crippen LogP contribution is 2.20. The van der Waals surface area contributed by atoms with Gasteiger partial charge in [-0.05, 0) is 35.9 Å². The van der Waals surface area contributed by atoms with Crippen LogP contribution in [-0.2, 0) is 6.42 Å². The number of rotatable bonds is 3. The molecule has 3 rings (SSSR count). The standard InChI is InChI=1S/C17H11ClFNO/c18-12-5-6-14(15(19)10-12)17(21)9-11-7-8-20-16-4-2-1-3-13(11)16/h1-8,10H,9H2. The molecule has 0 N–H and O–H groups in total. The summed E-state index contributed by atoms with van der Waals surface area (Å²) in [6.45, 7) is 0. The van der Waals surface area contributed by atoms with Crippen molar-refractivity contribution in [2.24, 2.45) is 0 Å². The average Bonchev–Trinajstić information content (AvgIpc) is 2.47. The van der Waals surface area contributed by atoms with Crippen molar-refractivity contribution < 1.29 is 9.18 Å². The molecule has 1 aromatic heterocycles. The smallest absolute Gasteiger partial charge is 0.170 e. The molecule has 2 aromatic carbocycles. The fourth-order valence-corrected chi connectivity index (χ4v) is 2.45. The monoisotopic (exact) mass is 299 g/mol. The molecule has 21 heavy (non-hydrogen) atoms. The minimum absolute atomic E-state index is 0.0558. The van der Waals surface area contributed by atoms with Gasteiger partial charge in [-0.25, -0.2) is 4.39 Å². The number of aromatic nitrogens is 1. The van der Waals surface area contributed by atoms with Gasteiger partial charge in [-0.15, -0.1) is 0 Å². The van der Waals surface area contributed by atoms with Crippen molar-refractivity contribution >= 4 is 28.3 Å². The van der Waals surface area contributed by atoms with Gasteiger partial charge in [0.15, 0.2) is 5.78 Å². The highest BCUT2D eigenvalue weighted by atomic mass is 35.5. The van der Waals surface area contributed by atoms with Gasteiger partial charge in [0.25, 0.3) is 0 Å². The molecule has 0 radical (unpaired) electrons. The summed E-state index contributed by atoms with van der Waals surface area (Å²) in [5.41, 5.74) is 1.71. The van der Waals surface area contributed by atoms with Crippen LogP contribution in [0.15, 0.2) is 54.7 Å². The Hall–Kier alpha value is -2.26. The van der Waals surface area contributed by atoms with Crippen LogP contribution in [0, 0.1) is 5.82 Å². The number of hydrogen-bond donors (Lipinski definition) is 0. The number of benzene rings is 2. The number of fused-ring (bicyclic) bond motifs is 1. The molecule has 0 bridgehead atoms. The molecule has 0 saturated heterocycles. The molecule has 104 valence electrons. The fourth-order valence-electron chi connectivity index (χ4n) is 2.29. The molecular weight excluding hydrogens is 289 g/mol. The van der Waals surface area contributed by atoms with Gasteiger partial charge in [0.05, 0.1) is 11.1 Å². The summed E-state index contributed by atoms with van der Waals surface area (Å²) in [7, 11) is 0. The Morgan fingerprint density at radius 1 is 1.14 bits per heavy atom. The number of nitrogens with zero attached hydrogens (tertiary/aromatic N) is 1. The Kier molecular flexibility index (Phi) is 3.67. The third-order valence-electron chi connectivity index (χ3n) is 3.32. The Balaban J connectivity index is 1.97. The molecule has 0 atom stereocenters. The van der Waals surface area contributed by atoms with Crippen LogP contribution in [-0.4, -0.2) is 10.8 Å². The van der Waals surface area contributed by atoms with Gasteiger partial charge < -0.3 is 0 Å². The van der Waals surface area contributed by atoms with E-state index in [1.807, 2.05) is 24.3 Å². The van der Waals surface area contributed by atoms with Crippen LogP contribution in [0.4, 0.5) is 4.39 Å². The lowest BCUT2D eigenvalue weighted by Gasteiger charge is -2.06. The molecule has 0 spiro atoms. The van der Waals surface area contributed by atoms with E-state index in [0.29, 0.717) is 0 Å². The lowest BCUT2D eigenvalue weighted by Crippen LogP contribution is -2.06. The van der Waals surface area contributed by atoms with Crippen LogP contribution in [0.25, 0.3) is 10.9 Å². The maximum atomic E-state index is 13.8. The molecule has 0 unspecified atom stereocenters. The van der Waals surface area contributed by atoms with Crippen LogP contribution in [0.5, 0.6) is 0 Å². The van der Waals surface area contributed by atoms with Gasteiger partial charge in [0.1, 0.15) is 5.82 Å². The number of carbonyl (C=O) groups excluding carboxylic acids is 1. The lowest BCUT2D eigenvalue weighted by molar-refractivity contribution is 0.0989. The molecule has 0 saturated carbocycles. The van der Waals surface area contributed by atoms with E-state index in [2.05, 4.69) is 4.98 Å². The summed E-state index contributed by atoms with van der Waals surface area (Å²) in [4.78, 5) is 16.5. The van der Waals surface area contributed by atoms with E-state index in [1.54, 1.807) is 12.3 Å². The molecule has 0 aliphatic heterocycles. The minimum Gasteiger partial charge on any atom is -0.294 e. The second-order valence-corrected chi connectivity index (χ2v) is 5.15. The number of para-hydroxylation sites is 1. The number of hydrogen-bond acceptors (Lipinski definition) is 2. The Labute approximate surface area is 126 Å². The van der Waals surface area contributed by atoms with Gasteiger partial charge in [0, 0.05) is 23.0 Å². The predicted octanol–water partition coefficient (Wildman–Crippen LogP) is 4.45. The first-order valence-corrected chi connectivity index (χ1v) is 6.84. The first-order chi connectivity index (χ1) is 10.1. The molecular formula is C17H11ClFNO. The SMILES string of the molecule is O=C(Cc1ccnc2ccccc12)c1ccc(Cl)cc1F. The van der Waals surface area contributed by atoms with Crippen molar-refractivity contribution in [2.75, 3.05) is 0 Å². The van der Waals surface area contributed by atoms with E-state index < -0.39 is 5.82 Å². The summed E-state index contributed by atoms with van der Waals surface area (Å²) in [5, 5.41) is 1.18. The second kappa shape index (κ2) is 5.62. The molecule has 3 aromatic rings. The third-order valence-corrected chi connectivity index (χ3v) is 3.56. The first kappa shape index (κ1) is 13.7. The van der Waals surface area contributed by atoms with Crippen molar-refractivity contribution in [3.63, 3.8) is 0 Å². The number of carbonyl (C=O) groups is 1. The summed E-state index contributed by atoms with van der Waals surface area (Å²) >= 11 is 5.70. The summed E-state index contributed by atoms with van der Waals surface area (Å²) in [5.74, 6) is -0.869. The van der Waals surface area contributed by atoms with Crippen molar-refractivity contribution in [2.45, 2.75) is 6.42 Å². The zero-order valence-corrected chi connectivity index (χ0v) is 11.8. The van der Waals surface area contributed by atoms with E-state index in [9.17, 15) is 9.18 Å². The fraction of sp³-hybridized carbons (Fsp3) is 0.0588. The lowest BCUT2D eigenvalue weighted by atomic mass is 10.00. The van der Waals surface area contributed by atoms with Crippen molar-refractivity contribution in [3.05, 3.63) is 76.7 Å². The van der Waals surface area contributed by atoms with Crippen LogP contribution in [0.2, 0.25) is 5.02 Å². The number of pyridine rings is 1. The van der Waals surface area contributed by atoms with E-state index in [-0.39, 0.29) is 22.8 Å². The Bertz CT molecular complexity index is 827. The maximum Gasteiger partial charge on any atom is 0.170 e. The van der Waals surface area contributed by atoms with Gasteiger partial charge in [0.2, 0.25) is 0 Å². The van der Waals surface area contributed by atoms with Gasteiger partial charge in [-0.1, -0.05) is 29.8 Å². The van der Waals surface area contributed by atoms with Crippen molar-refractivity contribution in [1.82, 2.24) is 4.98 Å². The highest BCUT2D eigenvalue weighted by molar-refractivity contribution is 6.30. The number of ketones is 1. The first-order valence-electron chi connectivity index (χ1n) is 6.46. The second-order valence-electron chi connectivity index (χ2n) is 4.71. The quantitative estimate of drug-likeness (QED) is 0.669. The third kappa shape index (κ3) is 2.78. The minimum atomic E-state index is -0.592. The maximum absolute atomic E-state index is 13.8. The topological polar surface area (TPSA) is 30.0 Å². The normalized spacial score (nSPS) is 10.8. The molecule has 4 heteroatoms. The molecule has 2 nitrogen and oxygen atoms in total. The highest BCUT2D eigenvalue weighted by Gasteiger charge is 2.14. The number of Topliss-reactive ketones (excluding diaryl/α,β-unsaturated/α-hetero) is 1. The number of halogens is 2. The molecule has 0 aliphatic rings. The van der Waals surface area contributed by atoms with E-state index >= 15 is 0 Å². The Morgan fingerprint density at radius 2 is 1.95 bits per heavy atom. The van der Waals surface area contributed by atoms with Gasteiger partial charge >= 0.3 is 0 Å². The van der Waals surface area contributed by atoms with E-state index in [0.717, 1.165) is 22.5 Å².